The Morgan fingerprint density at radius 1 is 0.955 bits per heavy atom. The van der Waals surface area contributed by atoms with Crippen LogP contribution in [0.1, 0.15) is 5.56 Å². The van der Waals surface area contributed by atoms with Gasteiger partial charge in [-0.2, -0.15) is 4.98 Å². The summed E-state index contributed by atoms with van der Waals surface area (Å²) >= 11 is 6.06. The number of hydrogen-bond acceptors (Lipinski definition) is 4. The van der Waals surface area contributed by atoms with Gasteiger partial charge in [0.1, 0.15) is 5.82 Å². The highest BCUT2D eigenvalue weighted by Gasteiger charge is 2.14. The summed E-state index contributed by atoms with van der Waals surface area (Å²) in [5.74, 6) is 0.744. The average molecular weight is 314 g/mol. The topological polar surface area (TPSA) is 49.2 Å². The van der Waals surface area contributed by atoms with Gasteiger partial charge in [-0.15, -0.1) is 0 Å². The fraction of sp³-hybridized carbons (Fsp3) is 0.176. The Morgan fingerprint density at radius 2 is 1.68 bits per heavy atom. The lowest BCUT2D eigenvalue weighted by molar-refractivity contribution is 0.301. The SMILES string of the molecule is OCCN(Cc1ccccc1)c1nc(Cl)nc2ccccc12. The Morgan fingerprint density at radius 3 is 2.45 bits per heavy atom. The quantitative estimate of drug-likeness (QED) is 0.734. The van der Waals surface area contributed by atoms with Crippen molar-refractivity contribution in [2.24, 2.45) is 0 Å². The number of hydrogen-bond donors (Lipinski definition) is 1. The van der Waals surface area contributed by atoms with E-state index in [1.54, 1.807) is 0 Å². The highest BCUT2D eigenvalue weighted by molar-refractivity contribution is 6.28. The third-order valence-corrected chi connectivity index (χ3v) is 3.61. The van der Waals surface area contributed by atoms with Crippen LogP contribution >= 0.6 is 11.6 Å². The molecule has 4 nitrogen and oxygen atoms in total. The number of nitrogens with zero attached hydrogens (tertiary/aromatic N) is 3. The molecular formula is C17H16ClN3O. The lowest BCUT2D eigenvalue weighted by Gasteiger charge is -2.24. The molecule has 2 aromatic carbocycles. The van der Waals surface area contributed by atoms with Gasteiger partial charge in [0.05, 0.1) is 12.1 Å². The zero-order valence-corrected chi connectivity index (χ0v) is 12.7. The van der Waals surface area contributed by atoms with Crippen LogP contribution in [0.2, 0.25) is 5.28 Å². The molecule has 0 amide bonds. The first kappa shape index (κ1) is 14.8. The van der Waals surface area contributed by atoms with Crippen molar-refractivity contribution in [3.63, 3.8) is 0 Å². The Kier molecular flexibility index (Phi) is 4.51. The van der Waals surface area contributed by atoms with Crippen LogP contribution < -0.4 is 4.90 Å². The molecule has 0 aliphatic heterocycles. The molecule has 0 bridgehead atoms. The number of fused-ring (bicyclic) bond motifs is 1. The minimum absolute atomic E-state index is 0.0444. The third-order valence-electron chi connectivity index (χ3n) is 3.44. The summed E-state index contributed by atoms with van der Waals surface area (Å²) in [4.78, 5) is 10.7. The van der Waals surface area contributed by atoms with Crippen LogP contribution in [-0.4, -0.2) is 28.2 Å². The van der Waals surface area contributed by atoms with Gasteiger partial charge in [-0.1, -0.05) is 42.5 Å². The molecule has 22 heavy (non-hydrogen) atoms. The van der Waals surface area contributed by atoms with Gasteiger partial charge in [-0.3, -0.25) is 0 Å². The van der Waals surface area contributed by atoms with Gasteiger partial charge >= 0.3 is 0 Å². The van der Waals surface area contributed by atoms with Gasteiger partial charge in [0.2, 0.25) is 5.28 Å². The second-order valence-electron chi connectivity index (χ2n) is 4.96. The smallest absolute Gasteiger partial charge is 0.224 e. The standard InChI is InChI=1S/C17H16ClN3O/c18-17-19-15-9-5-4-8-14(15)16(20-17)21(10-11-22)12-13-6-2-1-3-7-13/h1-9,22H,10-12H2. The van der Waals surface area contributed by atoms with Crippen LogP contribution in [0.4, 0.5) is 5.82 Å². The molecule has 0 saturated carbocycles. The van der Waals surface area contributed by atoms with E-state index < -0.39 is 0 Å². The summed E-state index contributed by atoms with van der Waals surface area (Å²) in [6.07, 6.45) is 0. The normalized spacial score (nSPS) is 10.8. The van der Waals surface area contributed by atoms with Gasteiger partial charge in [0, 0.05) is 18.5 Å². The van der Waals surface area contributed by atoms with Gasteiger partial charge in [0.25, 0.3) is 0 Å². The monoisotopic (exact) mass is 313 g/mol. The maximum absolute atomic E-state index is 9.40. The Hall–Kier alpha value is -2.17. The second kappa shape index (κ2) is 6.73. The fourth-order valence-corrected chi connectivity index (χ4v) is 2.63. The number of benzene rings is 2. The molecule has 0 spiro atoms. The molecule has 5 heteroatoms. The summed E-state index contributed by atoms with van der Waals surface area (Å²) in [6.45, 7) is 1.17. The number of para-hydroxylation sites is 1. The molecule has 1 heterocycles. The molecular weight excluding hydrogens is 298 g/mol. The largest absolute Gasteiger partial charge is 0.395 e. The first-order valence-electron chi connectivity index (χ1n) is 7.10. The van der Waals surface area contributed by atoms with E-state index in [-0.39, 0.29) is 11.9 Å². The van der Waals surface area contributed by atoms with Crippen molar-refractivity contribution in [2.45, 2.75) is 6.54 Å². The lowest BCUT2D eigenvalue weighted by Crippen LogP contribution is -2.27. The maximum Gasteiger partial charge on any atom is 0.224 e. The van der Waals surface area contributed by atoms with Gasteiger partial charge in [-0.25, -0.2) is 4.98 Å². The van der Waals surface area contributed by atoms with Gasteiger partial charge < -0.3 is 10.0 Å². The fourth-order valence-electron chi connectivity index (χ4n) is 2.46. The molecule has 1 aromatic heterocycles. The molecule has 0 unspecified atom stereocenters. The van der Waals surface area contributed by atoms with Crippen molar-refractivity contribution in [1.82, 2.24) is 9.97 Å². The van der Waals surface area contributed by atoms with E-state index in [1.807, 2.05) is 47.4 Å². The van der Waals surface area contributed by atoms with Crippen LogP contribution in [-0.2, 0) is 6.54 Å². The Labute approximate surface area is 134 Å². The molecule has 112 valence electrons. The molecule has 0 saturated heterocycles. The molecule has 0 radical (unpaired) electrons. The van der Waals surface area contributed by atoms with Crippen LogP contribution in [0, 0.1) is 0 Å². The van der Waals surface area contributed by atoms with Gasteiger partial charge in [-0.05, 0) is 29.3 Å². The van der Waals surface area contributed by atoms with E-state index in [0.717, 1.165) is 22.3 Å². The van der Waals surface area contributed by atoms with Gasteiger partial charge in [0.15, 0.2) is 0 Å². The van der Waals surface area contributed by atoms with Crippen molar-refractivity contribution in [2.75, 3.05) is 18.1 Å². The zero-order valence-electron chi connectivity index (χ0n) is 12.0. The van der Waals surface area contributed by atoms with E-state index in [4.69, 9.17) is 11.6 Å². The zero-order chi connectivity index (χ0) is 15.4. The van der Waals surface area contributed by atoms with E-state index in [1.165, 1.54) is 0 Å². The van der Waals surface area contributed by atoms with E-state index in [0.29, 0.717) is 13.1 Å². The highest BCUT2D eigenvalue weighted by atomic mass is 35.5. The summed E-state index contributed by atoms with van der Waals surface area (Å²) in [5, 5.41) is 10.5. The minimum atomic E-state index is 0.0444. The number of aromatic nitrogens is 2. The number of halogens is 1. The van der Waals surface area contributed by atoms with Crippen LogP contribution in [0.15, 0.2) is 54.6 Å². The molecule has 0 aliphatic rings. The van der Waals surface area contributed by atoms with E-state index in [9.17, 15) is 5.11 Å². The Bertz CT molecular complexity index is 764. The van der Waals surface area contributed by atoms with E-state index >= 15 is 0 Å². The third kappa shape index (κ3) is 3.18. The molecule has 3 aromatic rings. The molecule has 0 aliphatic carbocycles. The summed E-state index contributed by atoms with van der Waals surface area (Å²) in [5.41, 5.74) is 1.95. The average Bonchev–Trinajstić information content (AvgIpc) is 2.54. The highest BCUT2D eigenvalue weighted by Crippen LogP contribution is 2.26. The predicted molar refractivity (Wildman–Crippen MR) is 89.1 cm³/mol. The van der Waals surface area contributed by atoms with Crippen molar-refractivity contribution < 1.29 is 5.11 Å². The minimum Gasteiger partial charge on any atom is -0.395 e. The number of aliphatic hydroxyl groups excluding tert-OH is 1. The first-order chi connectivity index (χ1) is 10.8. The summed E-state index contributed by atoms with van der Waals surface area (Å²) < 4.78 is 0. The first-order valence-corrected chi connectivity index (χ1v) is 7.48. The van der Waals surface area contributed by atoms with E-state index in [2.05, 4.69) is 22.1 Å². The van der Waals surface area contributed by atoms with Crippen molar-refractivity contribution in [3.8, 4) is 0 Å². The predicted octanol–water partition coefficient (Wildman–Crippen LogP) is 3.28. The number of aliphatic hydroxyl groups is 1. The van der Waals surface area contributed by atoms with Crippen LogP contribution in [0.25, 0.3) is 10.9 Å². The molecule has 3 rings (SSSR count). The molecule has 1 N–H and O–H groups in total. The lowest BCUT2D eigenvalue weighted by atomic mass is 10.2. The summed E-state index contributed by atoms with van der Waals surface area (Å²) in [6, 6.07) is 17.8. The summed E-state index contributed by atoms with van der Waals surface area (Å²) in [7, 11) is 0. The van der Waals surface area contributed by atoms with Crippen LogP contribution in [0.3, 0.4) is 0 Å². The van der Waals surface area contributed by atoms with Crippen molar-refractivity contribution >= 4 is 28.3 Å². The molecule has 0 atom stereocenters. The van der Waals surface area contributed by atoms with Crippen molar-refractivity contribution in [1.29, 1.82) is 0 Å². The molecule has 0 fully saturated rings. The van der Waals surface area contributed by atoms with Crippen LogP contribution in [0.5, 0.6) is 0 Å². The maximum atomic E-state index is 9.40. The van der Waals surface area contributed by atoms with Crippen molar-refractivity contribution in [3.05, 3.63) is 65.4 Å². The second-order valence-corrected chi connectivity index (χ2v) is 5.30. The Balaban J connectivity index is 2.04. The number of rotatable bonds is 5. The number of anilines is 1.